The van der Waals surface area contributed by atoms with Crippen molar-refractivity contribution >= 4 is 81.6 Å². The lowest BCUT2D eigenvalue weighted by Crippen LogP contribution is -2.19. The second kappa shape index (κ2) is 30.8. The Morgan fingerprint density at radius 2 is 0.590 bits per heavy atom. The van der Waals surface area contributed by atoms with Crippen LogP contribution in [0.5, 0.6) is 0 Å². The molecule has 16 bridgehead atoms. The van der Waals surface area contributed by atoms with Gasteiger partial charge in [-0.05, 0) is 194 Å². The second-order valence-corrected chi connectivity index (χ2v) is 27.2. The lowest BCUT2D eigenvalue weighted by molar-refractivity contribution is 0.795. The summed E-state index contributed by atoms with van der Waals surface area (Å²) in [5.41, 5.74) is 29.0. The summed E-state index contributed by atoms with van der Waals surface area (Å²) in [6.07, 6.45) is 28.6. The predicted octanol–water partition coefficient (Wildman–Crippen LogP) is 14.4. The maximum Gasteiger partial charge on any atom is 0.197 e. The van der Waals surface area contributed by atoms with Crippen LogP contribution in [-0.4, -0.2) is 64.2 Å². The molecule has 0 aliphatic carbocycles. The van der Waals surface area contributed by atoms with Crippen LogP contribution in [0.3, 0.4) is 0 Å². The van der Waals surface area contributed by atoms with Crippen molar-refractivity contribution in [3.05, 3.63) is 218 Å². The van der Waals surface area contributed by atoms with Gasteiger partial charge in [0.1, 0.15) is 0 Å². The quantitative estimate of drug-likeness (QED) is 0.0474. The van der Waals surface area contributed by atoms with Crippen LogP contribution in [0.25, 0.3) is 69.9 Å². The van der Waals surface area contributed by atoms with E-state index >= 15 is 0 Å². The fraction of sp³-hybridized carbons (Fsp3) is 0.364. The number of aliphatic imine (C=N–C) groups is 6. The summed E-state index contributed by atoms with van der Waals surface area (Å²) in [6.45, 7) is 27.1. The number of nitrogens with zero attached hydrogens (tertiary/aromatic N) is 8. The van der Waals surface area contributed by atoms with E-state index in [2.05, 4.69) is 224 Å². The highest BCUT2D eigenvalue weighted by Crippen LogP contribution is 2.34. The van der Waals surface area contributed by atoms with Crippen molar-refractivity contribution < 1.29 is 0 Å². The van der Waals surface area contributed by atoms with Gasteiger partial charge in [-0.3, -0.25) is 0 Å². The number of unbranched alkanes of at least 4 members (excludes halogenated alkanes) is 4. The first-order chi connectivity index (χ1) is 49.0. The Hall–Kier alpha value is -9.68. The lowest BCUT2D eigenvalue weighted by atomic mass is 9.98. The molecule has 4 aromatic heterocycles. The minimum absolute atomic E-state index is 0.530. The van der Waals surface area contributed by atoms with Crippen LogP contribution in [0.1, 0.15) is 216 Å². The average molecular weight is 1330 g/mol. The summed E-state index contributed by atoms with van der Waals surface area (Å²) >= 11 is 0. The predicted molar refractivity (Wildman–Crippen MR) is 421 cm³/mol. The number of aromatic amines is 4. The van der Waals surface area contributed by atoms with Gasteiger partial charge < -0.3 is 19.9 Å². The molecule has 4 aromatic carbocycles. The molecule has 100 heavy (non-hydrogen) atoms. The molecule has 0 spiro atoms. The molecule has 4 N–H and O–H groups in total. The third kappa shape index (κ3) is 13.6. The Balaban J connectivity index is 1.14. The van der Waals surface area contributed by atoms with Crippen LogP contribution in [0.4, 0.5) is 0 Å². The van der Waals surface area contributed by atoms with E-state index < -0.39 is 0 Å². The van der Waals surface area contributed by atoms with Crippen molar-refractivity contribution in [2.75, 3.05) is 0 Å². The molecule has 0 amide bonds. The van der Waals surface area contributed by atoms with Gasteiger partial charge in [-0.15, -0.1) is 0 Å². The van der Waals surface area contributed by atoms with Crippen molar-refractivity contribution in [2.45, 2.75) is 212 Å². The van der Waals surface area contributed by atoms with Crippen LogP contribution < -0.4 is 43.1 Å². The summed E-state index contributed by atoms with van der Waals surface area (Å²) in [5, 5.41) is 5.81. The summed E-state index contributed by atoms with van der Waals surface area (Å²) in [5.74, 6) is 1.06. The summed E-state index contributed by atoms with van der Waals surface area (Å²) in [6, 6.07) is 35.9. The number of fused-ring (bicyclic) bond motifs is 12. The number of benzene rings is 4. The van der Waals surface area contributed by atoms with Crippen molar-refractivity contribution in [1.29, 1.82) is 0 Å². The Labute approximate surface area is 590 Å². The minimum atomic E-state index is 0.530. The molecule has 0 unspecified atom stereocenters. The molecule has 8 aromatic rings. The van der Waals surface area contributed by atoms with Gasteiger partial charge in [0.15, 0.2) is 22.6 Å². The van der Waals surface area contributed by atoms with Crippen LogP contribution in [0.2, 0.25) is 0 Å². The Bertz CT molecular complexity index is 4930. The van der Waals surface area contributed by atoms with E-state index in [4.69, 9.17) is 39.9 Å². The maximum atomic E-state index is 5.75. The zero-order chi connectivity index (χ0) is 69.6. The number of nitrogens with one attached hydrogen (secondary N) is 4. The zero-order valence-electron chi connectivity index (χ0n) is 61.3. The highest BCUT2D eigenvalue weighted by atomic mass is 15.1. The number of imidazole rings is 2. The van der Waals surface area contributed by atoms with Crippen LogP contribution in [0.15, 0.2) is 149 Å². The first-order valence-electron chi connectivity index (χ1n) is 37.9. The Morgan fingerprint density at radius 3 is 0.890 bits per heavy atom. The van der Waals surface area contributed by atoms with Gasteiger partial charge in [-0.25, -0.2) is 39.9 Å². The van der Waals surface area contributed by atoms with E-state index in [0.717, 1.165) is 240 Å². The molecule has 0 radical (unpaired) electrons. The number of allylic oxidation sites excluding steroid dienone is 2. The van der Waals surface area contributed by atoms with Gasteiger partial charge in [0.05, 0.1) is 78.4 Å². The Kier molecular flexibility index (Phi) is 21.2. The number of aryl methyl sites for hydroxylation is 4. The third-order valence-electron chi connectivity index (χ3n) is 20.8. The van der Waals surface area contributed by atoms with E-state index in [1.807, 2.05) is 0 Å². The van der Waals surface area contributed by atoms with Crippen LogP contribution in [-0.2, 0) is 51.4 Å². The molecule has 512 valence electrons. The molecule has 5 aliphatic rings. The van der Waals surface area contributed by atoms with Crippen molar-refractivity contribution in [1.82, 2.24) is 29.9 Å². The first kappa shape index (κ1) is 68.8. The molecular weight excluding hydrogens is 1230 g/mol. The zero-order valence-corrected chi connectivity index (χ0v) is 61.3. The van der Waals surface area contributed by atoms with Gasteiger partial charge in [0.2, 0.25) is 0 Å². The minimum Gasteiger partial charge on any atom is -0.353 e. The average Bonchev–Trinajstić information content (AvgIpc) is 1.62. The van der Waals surface area contributed by atoms with Crippen LogP contribution in [0, 0.1) is 0 Å². The molecule has 0 fully saturated rings. The highest BCUT2D eigenvalue weighted by Gasteiger charge is 2.29. The fourth-order valence-corrected chi connectivity index (χ4v) is 15.3. The van der Waals surface area contributed by atoms with Gasteiger partial charge in [-0.1, -0.05) is 206 Å². The molecule has 13 rings (SSSR count). The SMILES string of the molecule is CCCCc1ccc(C2=NC3=c4nc(-c5ccc(CCCC)cc5)c([nH]4)=CC4=NC(=c5[nH]c(c(CC)c5CC)=CC5=NC(=c6nc(-c7ccc(CCCC)cc7)c([nH]6)=CC6=NC(=c7[nH]c(c(CC)c7CC)=CC2=N3)C(CC)=C6CC)N=C5c2ccc(CCCC)cc2)C(CC)=C4CC)cc1. The fourth-order valence-electron chi connectivity index (χ4n) is 15.3. The number of rotatable bonds is 24. The third-order valence-corrected chi connectivity index (χ3v) is 20.8. The maximum absolute atomic E-state index is 5.75. The monoisotopic (exact) mass is 1320 g/mol. The van der Waals surface area contributed by atoms with Crippen molar-refractivity contribution in [3.63, 3.8) is 0 Å². The molecule has 12 heteroatoms. The normalized spacial score (nSPS) is 15.1. The summed E-state index contributed by atoms with van der Waals surface area (Å²) in [4.78, 5) is 60.6. The van der Waals surface area contributed by atoms with Gasteiger partial charge in [0, 0.05) is 33.0 Å². The van der Waals surface area contributed by atoms with Crippen molar-refractivity contribution in [3.8, 4) is 22.5 Å². The number of hydrogen-bond donors (Lipinski definition) is 4. The number of H-pyrrole nitrogens is 4. The highest BCUT2D eigenvalue weighted by molar-refractivity contribution is 6.60. The van der Waals surface area contributed by atoms with E-state index in [1.165, 1.54) is 66.8 Å². The van der Waals surface area contributed by atoms with Gasteiger partial charge in [0.25, 0.3) is 0 Å². The lowest BCUT2D eigenvalue weighted by Gasteiger charge is -2.05. The number of aromatic nitrogens is 6. The van der Waals surface area contributed by atoms with Crippen LogP contribution >= 0.6 is 0 Å². The topological polar surface area (TPSA) is 163 Å². The molecule has 5 aliphatic heterocycles. The number of hydrogen-bond acceptors (Lipinski definition) is 8. The standard InChI is InChI=1S/C88H100N12/c1-13-25-29-53-33-41-57(42-34-53)77-73-49-69-61(17-5)65(21-9)81(89-69)82-66(22-10)62(18-6)71(90-82)51-75-79(59-45-37-55(38-46-59)31-27-15-3)99-87(95-75)88-96-76(80(100-88)60-47-39-56(40-48-60)32-28-16-4)52-72-64(20-8)68(24-12)84(92-72)83-67(23-11)63(19-7)70(91-83)50-74-78(98-86(94-74)85(93-73)97-77)58-43-35-54(36-44-58)30-26-14-2/h33-52,89,92H,13-32H2,1-12H3,(H,94,98)(H,95,99). The van der Waals surface area contributed by atoms with E-state index in [0.29, 0.717) is 22.6 Å². The van der Waals surface area contributed by atoms with E-state index in [9.17, 15) is 0 Å². The molecule has 0 atom stereocenters. The molecule has 12 nitrogen and oxygen atoms in total. The van der Waals surface area contributed by atoms with Gasteiger partial charge in [-0.2, -0.15) is 0 Å². The molecular formula is C88H100N12. The largest absolute Gasteiger partial charge is 0.353 e. The van der Waals surface area contributed by atoms with Crippen molar-refractivity contribution in [2.24, 2.45) is 30.0 Å². The summed E-state index contributed by atoms with van der Waals surface area (Å²) < 4.78 is 0. The Morgan fingerprint density at radius 1 is 0.280 bits per heavy atom. The first-order valence-corrected chi connectivity index (χ1v) is 37.9. The van der Waals surface area contributed by atoms with E-state index in [1.54, 1.807) is 0 Å². The second-order valence-electron chi connectivity index (χ2n) is 27.2. The smallest absolute Gasteiger partial charge is 0.197 e. The summed E-state index contributed by atoms with van der Waals surface area (Å²) in [7, 11) is 0. The molecule has 9 heterocycles. The van der Waals surface area contributed by atoms with Gasteiger partial charge >= 0.3 is 0 Å². The molecule has 0 saturated heterocycles. The van der Waals surface area contributed by atoms with E-state index in [-0.39, 0.29) is 0 Å². The molecule has 0 saturated carbocycles.